The summed E-state index contributed by atoms with van der Waals surface area (Å²) < 4.78 is 32.7. The van der Waals surface area contributed by atoms with Gasteiger partial charge in [-0.3, -0.25) is 0 Å². The number of phenolic OH excluding ortho intramolecular Hbond substituents is 3. The first kappa shape index (κ1) is 32.5. The Morgan fingerprint density at radius 1 is 0.707 bits per heavy atom. The van der Waals surface area contributed by atoms with Crippen molar-refractivity contribution in [3.8, 4) is 34.5 Å². The maximum absolute atomic E-state index is 10.5. The number of hydrogen-bond donors (Lipinski definition) is 7. The summed E-state index contributed by atoms with van der Waals surface area (Å²) in [7, 11) is 5.74. The second kappa shape index (κ2) is 14.7. The Morgan fingerprint density at radius 3 is 1.73 bits per heavy atom. The number of aliphatic hydroxyl groups is 4. The van der Waals surface area contributed by atoms with E-state index in [0.717, 1.165) is 5.56 Å². The lowest BCUT2D eigenvalue weighted by Crippen LogP contribution is -2.59. The van der Waals surface area contributed by atoms with Gasteiger partial charge < -0.3 is 64.2 Å². The van der Waals surface area contributed by atoms with Crippen molar-refractivity contribution in [2.24, 2.45) is 11.8 Å². The number of rotatable bonds is 14. The molecule has 0 saturated carbocycles. The van der Waals surface area contributed by atoms with E-state index in [4.69, 9.17) is 28.4 Å². The molecular formula is C28H40O13. The van der Waals surface area contributed by atoms with E-state index in [-0.39, 0.29) is 60.2 Å². The third kappa shape index (κ3) is 7.63. The molecule has 0 bridgehead atoms. The van der Waals surface area contributed by atoms with E-state index < -0.39 is 43.1 Å². The highest BCUT2D eigenvalue weighted by Gasteiger charge is 2.44. The highest BCUT2D eigenvalue weighted by molar-refractivity contribution is 5.53. The van der Waals surface area contributed by atoms with Crippen LogP contribution in [0.2, 0.25) is 0 Å². The minimum absolute atomic E-state index is 0.0486. The monoisotopic (exact) mass is 584 g/mol. The Balaban J connectivity index is 1.94. The summed E-state index contributed by atoms with van der Waals surface area (Å²) in [4.78, 5) is 0. The largest absolute Gasteiger partial charge is 0.504 e. The van der Waals surface area contributed by atoms with E-state index in [0.29, 0.717) is 12.0 Å². The Kier molecular flexibility index (Phi) is 11.7. The van der Waals surface area contributed by atoms with Crippen LogP contribution in [0.1, 0.15) is 11.1 Å². The van der Waals surface area contributed by atoms with E-state index in [2.05, 4.69) is 0 Å². The van der Waals surface area contributed by atoms with Gasteiger partial charge in [0.2, 0.25) is 11.5 Å². The van der Waals surface area contributed by atoms with Crippen LogP contribution in [0.25, 0.3) is 0 Å². The van der Waals surface area contributed by atoms with Crippen LogP contribution >= 0.6 is 0 Å². The fourth-order valence-corrected chi connectivity index (χ4v) is 4.95. The molecule has 1 saturated heterocycles. The normalized spacial score (nSPS) is 24.0. The van der Waals surface area contributed by atoms with E-state index >= 15 is 0 Å². The number of benzene rings is 2. The summed E-state index contributed by atoms with van der Waals surface area (Å²) in [6, 6.07) is 6.32. The molecule has 7 atom stereocenters. The van der Waals surface area contributed by atoms with Crippen LogP contribution in [0.4, 0.5) is 0 Å². The summed E-state index contributed by atoms with van der Waals surface area (Å²) in [6.45, 7) is -0.403. The van der Waals surface area contributed by atoms with Gasteiger partial charge in [0.15, 0.2) is 29.3 Å². The van der Waals surface area contributed by atoms with Crippen molar-refractivity contribution >= 4 is 0 Å². The van der Waals surface area contributed by atoms with Gasteiger partial charge in [-0.15, -0.1) is 0 Å². The van der Waals surface area contributed by atoms with Crippen LogP contribution in [-0.2, 0) is 27.1 Å². The van der Waals surface area contributed by atoms with Crippen LogP contribution in [0.3, 0.4) is 0 Å². The predicted molar refractivity (Wildman–Crippen MR) is 144 cm³/mol. The van der Waals surface area contributed by atoms with Crippen LogP contribution in [0, 0.1) is 11.8 Å². The molecule has 0 aliphatic carbocycles. The van der Waals surface area contributed by atoms with Crippen molar-refractivity contribution in [2.75, 3.05) is 48.3 Å². The first-order chi connectivity index (χ1) is 19.6. The second-order valence-electron chi connectivity index (χ2n) is 9.93. The average molecular weight is 585 g/mol. The van der Waals surface area contributed by atoms with Gasteiger partial charge >= 0.3 is 0 Å². The molecule has 3 rings (SSSR count). The molecule has 7 unspecified atom stereocenters. The summed E-state index contributed by atoms with van der Waals surface area (Å²) in [6.07, 6.45) is -6.53. The number of phenols is 3. The smallest absolute Gasteiger partial charge is 0.200 e. The molecule has 1 aliphatic heterocycles. The van der Waals surface area contributed by atoms with Crippen molar-refractivity contribution in [3.63, 3.8) is 0 Å². The highest BCUT2D eigenvalue weighted by atomic mass is 16.7. The van der Waals surface area contributed by atoms with Crippen LogP contribution in [0.15, 0.2) is 24.3 Å². The molecule has 0 aromatic heterocycles. The zero-order chi connectivity index (χ0) is 30.3. The molecule has 0 radical (unpaired) electrons. The molecule has 0 amide bonds. The van der Waals surface area contributed by atoms with Gasteiger partial charge in [-0.1, -0.05) is 0 Å². The van der Waals surface area contributed by atoms with E-state index in [1.54, 1.807) is 18.2 Å². The Hall–Kier alpha value is -3.04. The van der Waals surface area contributed by atoms with Gasteiger partial charge in [0.1, 0.15) is 24.4 Å². The summed E-state index contributed by atoms with van der Waals surface area (Å²) >= 11 is 0. The zero-order valence-corrected chi connectivity index (χ0v) is 23.5. The number of aliphatic hydroxyl groups excluding tert-OH is 4. The Labute approximate surface area is 238 Å². The quantitative estimate of drug-likeness (QED) is 0.150. The fourth-order valence-electron chi connectivity index (χ4n) is 4.95. The molecule has 1 aliphatic rings. The molecule has 1 heterocycles. The average Bonchev–Trinajstić information content (AvgIpc) is 2.97. The number of methoxy groups -OCH3 is 4. The van der Waals surface area contributed by atoms with Crippen molar-refractivity contribution < 1.29 is 64.2 Å². The van der Waals surface area contributed by atoms with E-state index in [1.165, 1.54) is 34.5 Å². The maximum Gasteiger partial charge on any atom is 0.200 e. The zero-order valence-electron chi connectivity index (χ0n) is 23.5. The second-order valence-corrected chi connectivity index (χ2v) is 9.93. The first-order valence-electron chi connectivity index (χ1n) is 13.0. The van der Waals surface area contributed by atoms with Crippen LogP contribution < -0.4 is 14.2 Å². The Morgan fingerprint density at radius 2 is 1.22 bits per heavy atom. The molecular weight excluding hydrogens is 544 g/mol. The lowest BCUT2D eigenvalue weighted by atomic mass is 9.83. The van der Waals surface area contributed by atoms with Crippen molar-refractivity contribution in [2.45, 2.75) is 43.5 Å². The van der Waals surface area contributed by atoms with Gasteiger partial charge in [-0.25, -0.2) is 0 Å². The van der Waals surface area contributed by atoms with Crippen molar-refractivity contribution in [3.05, 3.63) is 35.4 Å². The highest BCUT2D eigenvalue weighted by Crippen LogP contribution is 2.40. The molecule has 0 spiro atoms. The summed E-state index contributed by atoms with van der Waals surface area (Å²) in [5.74, 6) is -1.06. The van der Waals surface area contributed by atoms with Gasteiger partial charge in [-0.2, -0.15) is 0 Å². The molecule has 13 heteroatoms. The minimum atomic E-state index is -1.60. The van der Waals surface area contributed by atoms with Crippen molar-refractivity contribution in [1.29, 1.82) is 0 Å². The van der Waals surface area contributed by atoms with Gasteiger partial charge in [0, 0.05) is 13.7 Å². The first-order valence-corrected chi connectivity index (χ1v) is 13.0. The number of hydrogen-bond acceptors (Lipinski definition) is 13. The lowest BCUT2D eigenvalue weighted by molar-refractivity contribution is -0.304. The van der Waals surface area contributed by atoms with Crippen LogP contribution in [0.5, 0.6) is 34.5 Å². The maximum atomic E-state index is 10.5. The predicted octanol–water partition coefficient (Wildman–Crippen LogP) is 0.310. The topological polar surface area (TPSA) is 197 Å². The molecule has 230 valence electrons. The molecule has 41 heavy (non-hydrogen) atoms. The third-order valence-electron chi connectivity index (χ3n) is 7.24. The number of ether oxygens (including phenoxy) is 6. The van der Waals surface area contributed by atoms with Crippen molar-refractivity contribution in [1.82, 2.24) is 0 Å². The standard InChI is InChI=1S/C28H40O13/c1-36-12-16(6-15-9-20(38-3)24(32)21(10-15)39-4)17(5-14-7-18(30)23(31)19(8-14)37-2)13-40-28-27(35)26(34)25(33)22(11-29)41-28/h7-10,16-17,22,25-35H,5-6,11-13H2,1-4H3. The third-order valence-corrected chi connectivity index (χ3v) is 7.24. The molecule has 13 nitrogen and oxygen atoms in total. The minimum Gasteiger partial charge on any atom is -0.504 e. The van der Waals surface area contributed by atoms with Crippen LogP contribution in [-0.4, -0.2) is 115 Å². The molecule has 7 N–H and O–H groups in total. The SMILES string of the molecule is COCC(Cc1cc(OC)c(O)c(OC)c1)C(COC1OC(CO)C(O)C(O)C1O)Cc1cc(O)c(O)c(OC)c1. The molecule has 2 aromatic rings. The van der Waals surface area contributed by atoms with Gasteiger partial charge in [0.25, 0.3) is 0 Å². The molecule has 1 fully saturated rings. The lowest BCUT2D eigenvalue weighted by Gasteiger charge is -2.40. The van der Waals surface area contributed by atoms with E-state index in [9.17, 15) is 35.7 Å². The fraction of sp³-hybridized carbons (Fsp3) is 0.571. The van der Waals surface area contributed by atoms with Gasteiger partial charge in [-0.05, 0) is 60.1 Å². The summed E-state index contributed by atoms with van der Waals surface area (Å²) in [5.41, 5.74) is 1.35. The summed E-state index contributed by atoms with van der Waals surface area (Å²) in [5, 5.41) is 71.0. The van der Waals surface area contributed by atoms with E-state index in [1.807, 2.05) is 0 Å². The molecule has 2 aromatic carbocycles. The Bertz CT molecular complexity index is 1100. The number of aromatic hydroxyl groups is 3. The van der Waals surface area contributed by atoms with Gasteiger partial charge in [0.05, 0.1) is 34.5 Å².